The monoisotopic (exact) mass is 465 g/mol. The van der Waals surface area contributed by atoms with Crippen molar-refractivity contribution in [3.05, 3.63) is 18.2 Å². The molecule has 5 amide bonds. The number of amides is 5. The fourth-order valence-electron chi connectivity index (χ4n) is 2.59. The lowest BCUT2D eigenvalue weighted by Gasteiger charge is -2.27. The molecule has 0 aliphatic carbocycles. The van der Waals surface area contributed by atoms with Crippen LogP contribution in [0.5, 0.6) is 5.75 Å². The summed E-state index contributed by atoms with van der Waals surface area (Å²) in [5, 5.41) is 5.60. The van der Waals surface area contributed by atoms with Crippen molar-refractivity contribution in [3.63, 3.8) is 0 Å². The van der Waals surface area contributed by atoms with E-state index < -0.39 is 55.1 Å². The topological polar surface area (TPSA) is 152 Å². The predicted octanol–water partition coefficient (Wildman–Crippen LogP) is 0.00790. The summed E-state index contributed by atoms with van der Waals surface area (Å²) < 4.78 is 59.4. The molecule has 176 valence electrons. The number of benzene rings is 1. The Morgan fingerprint density at radius 2 is 1.94 bits per heavy atom. The molecular formula is C17H19F4N5O6. The molecule has 0 spiro atoms. The Balaban J connectivity index is 2.20. The zero-order valence-electron chi connectivity index (χ0n) is 16.3. The summed E-state index contributed by atoms with van der Waals surface area (Å²) in [4.78, 5) is 48.7. The Kier molecular flexibility index (Phi) is 8.57. The van der Waals surface area contributed by atoms with Gasteiger partial charge in [-0.2, -0.15) is 8.78 Å². The summed E-state index contributed by atoms with van der Waals surface area (Å²) in [6, 6.07) is 0.205. The third-order valence-corrected chi connectivity index (χ3v) is 3.98. The van der Waals surface area contributed by atoms with Crippen molar-refractivity contribution in [1.29, 1.82) is 0 Å². The fourth-order valence-corrected chi connectivity index (χ4v) is 2.59. The molecular weight excluding hydrogens is 446 g/mol. The Morgan fingerprint density at radius 3 is 2.53 bits per heavy atom. The van der Waals surface area contributed by atoms with Gasteiger partial charge in [0.25, 0.3) is 18.2 Å². The van der Waals surface area contributed by atoms with Gasteiger partial charge < -0.3 is 36.1 Å². The van der Waals surface area contributed by atoms with Crippen LogP contribution in [0, 0.1) is 0 Å². The van der Waals surface area contributed by atoms with Crippen LogP contribution in [0.3, 0.4) is 0 Å². The van der Waals surface area contributed by atoms with E-state index >= 15 is 0 Å². The van der Waals surface area contributed by atoms with Crippen molar-refractivity contribution < 1.29 is 46.2 Å². The zero-order valence-corrected chi connectivity index (χ0v) is 16.3. The lowest BCUT2D eigenvalue weighted by Crippen LogP contribution is -2.54. The average molecular weight is 465 g/mol. The Morgan fingerprint density at radius 1 is 1.22 bits per heavy atom. The Labute approximate surface area is 178 Å². The highest BCUT2D eigenvalue weighted by Crippen LogP contribution is 2.32. The van der Waals surface area contributed by atoms with Crippen LogP contribution in [-0.4, -0.2) is 69.1 Å². The van der Waals surface area contributed by atoms with Crippen molar-refractivity contribution >= 4 is 35.1 Å². The number of urea groups is 1. The van der Waals surface area contributed by atoms with Crippen LogP contribution < -0.4 is 31.3 Å². The van der Waals surface area contributed by atoms with Crippen molar-refractivity contribution in [1.82, 2.24) is 10.6 Å². The lowest BCUT2D eigenvalue weighted by molar-refractivity contribution is -0.128. The van der Waals surface area contributed by atoms with Crippen LogP contribution in [0.15, 0.2) is 18.2 Å². The molecule has 0 aromatic heterocycles. The molecule has 0 saturated carbocycles. The number of carbonyl (C=O) groups excluding carboxylic acids is 4. The summed E-state index contributed by atoms with van der Waals surface area (Å²) in [7, 11) is 0. The molecule has 1 aliphatic rings. The standard InChI is InChI=1S/C17H19F4N5O6/c18-11(19)6-23-17(30)25-13(14(22)28)15(29)24-9-2-1-8(5-10(9)32-16(20)21)26-3-4-31-7-12(26)27/h1-2,5,11,13,16H,3-4,6-7H2,(H2,22,28)(H,24,29)(H2,23,25,30)/t13-/m0/s1. The Bertz CT molecular complexity index is 872. The minimum Gasteiger partial charge on any atom is -0.433 e. The Hall–Kier alpha value is -3.62. The highest BCUT2D eigenvalue weighted by atomic mass is 19.3. The number of rotatable bonds is 9. The van der Waals surface area contributed by atoms with Gasteiger partial charge in [-0.1, -0.05) is 0 Å². The second-order valence-electron chi connectivity index (χ2n) is 6.23. The van der Waals surface area contributed by atoms with Crippen LogP contribution in [0.4, 0.5) is 33.7 Å². The molecule has 5 N–H and O–H groups in total. The smallest absolute Gasteiger partial charge is 0.387 e. The number of nitrogens with zero attached hydrogens (tertiary/aromatic N) is 1. The van der Waals surface area contributed by atoms with Gasteiger partial charge in [0.05, 0.1) is 18.8 Å². The SMILES string of the molecule is NC(=O)[C@H](NC(=O)NCC(F)F)C(=O)Nc1ccc(N2CCOCC2=O)cc1OC(F)F. The molecule has 0 radical (unpaired) electrons. The van der Waals surface area contributed by atoms with Gasteiger partial charge in [0.15, 0.2) is 11.8 Å². The number of ether oxygens (including phenoxy) is 2. The maximum Gasteiger partial charge on any atom is 0.387 e. The van der Waals surface area contributed by atoms with Gasteiger partial charge in [0, 0.05) is 18.3 Å². The van der Waals surface area contributed by atoms with Crippen molar-refractivity contribution in [2.75, 3.05) is 36.5 Å². The largest absolute Gasteiger partial charge is 0.433 e. The molecule has 0 bridgehead atoms. The summed E-state index contributed by atoms with van der Waals surface area (Å²) >= 11 is 0. The third-order valence-electron chi connectivity index (χ3n) is 3.98. The van der Waals surface area contributed by atoms with Crippen LogP contribution in [0.25, 0.3) is 0 Å². The number of halogens is 4. The van der Waals surface area contributed by atoms with Crippen LogP contribution in [0.1, 0.15) is 0 Å². The van der Waals surface area contributed by atoms with E-state index in [1.165, 1.54) is 11.0 Å². The van der Waals surface area contributed by atoms with E-state index in [0.717, 1.165) is 12.1 Å². The number of alkyl halides is 4. The van der Waals surface area contributed by atoms with E-state index in [1.807, 2.05) is 0 Å². The predicted molar refractivity (Wildman–Crippen MR) is 100 cm³/mol. The van der Waals surface area contributed by atoms with E-state index in [-0.39, 0.29) is 31.1 Å². The van der Waals surface area contributed by atoms with E-state index in [9.17, 15) is 36.7 Å². The third kappa shape index (κ3) is 6.97. The van der Waals surface area contributed by atoms with Gasteiger partial charge >= 0.3 is 12.6 Å². The lowest BCUT2D eigenvalue weighted by atomic mass is 10.2. The number of morpholine rings is 1. The maximum absolute atomic E-state index is 12.9. The zero-order chi connectivity index (χ0) is 23.8. The van der Waals surface area contributed by atoms with E-state index in [2.05, 4.69) is 10.1 Å². The van der Waals surface area contributed by atoms with Crippen LogP contribution >= 0.6 is 0 Å². The first-order valence-electron chi connectivity index (χ1n) is 8.98. The molecule has 0 unspecified atom stereocenters. The molecule has 1 atom stereocenters. The summed E-state index contributed by atoms with van der Waals surface area (Å²) in [5.41, 5.74) is 4.90. The number of carbonyl (C=O) groups is 4. The normalized spacial score (nSPS) is 14.8. The average Bonchev–Trinajstić information content (AvgIpc) is 2.71. The molecule has 1 saturated heterocycles. The van der Waals surface area contributed by atoms with Crippen molar-refractivity contribution in [3.8, 4) is 5.75 Å². The molecule has 32 heavy (non-hydrogen) atoms. The van der Waals surface area contributed by atoms with Gasteiger partial charge in [-0.3, -0.25) is 14.4 Å². The highest BCUT2D eigenvalue weighted by molar-refractivity contribution is 6.12. The molecule has 11 nitrogen and oxygen atoms in total. The summed E-state index contributed by atoms with van der Waals surface area (Å²) in [6.45, 7) is -4.18. The van der Waals surface area contributed by atoms with Crippen LogP contribution in [0.2, 0.25) is 0 Å². The number of anilines is 2. The van der Waals surface area contributed by atoms with Crippen molar-refractivity contribution in [2.24, 2.45) is 5.73 Å². The molecule has 1 aromatic carbocycles. The molecule has 1 aliphatic heterocycles. The van der Waals surface area contributed by atoms with E-state index in [0.29, 0.717) is 0 Å². The first-order valence-corrected chi connectivity index (χ1v) is 8.98. The first kappa shape index (κ1) is 24.6. The van der Waals surface area contributed by atoms with Gasteiger partial charge in [0.1, 0.15) is 6.61 Å². The van der Waals surface area contributed by atoms with Gasteiger partial charge in [0.2, 0.25) is 5.91 Å². The number of nitrogens with one attached hydrogen (secondary N) is 3. The van der Waals surface area contributed by atoms with Gasteiger partial charge in [-0.25, -0.2) is 13.6 Å². The van der Waals surface area contributed by atoms with E-state index in [4.69, 9.17) is 10.5 Å². The van der Waals surface area contributed by atoms with Crippen molar-refractivity contribution in [2.45, 2.75) is 19.1 Å². The second-order valence-corrected chi connectivity index (χ2v) is 6.23. The minimum absolute atomic E-state index is 0.153. The summed E-state index contributed by atoms with van der Waals surface area (Å²) in [6.07, 6.45) is -2.88. The number of hydrogen-bond donors (Lipinski definition) is 4. The fraction of sp³-hybridized carbons (Fsp3) is 0.412. The number of hydrogen-bond acceptors (Lipinski definition) is 6. The maximum atomic E-state index is 12.9. The number of nitrogens with two attached hydrogens (primary N) is 1. The van der Waals surface area contributed by atoms with E-state index in [1.54, 1.807) is 10.6 Å². The molecule has 1 aromatic rings. The molecule has 15 heteroatoms. The van der Waals surface area contributed by atoms with Gasteiger partial charge in [-0.05, 0) is 12.1 Å². The quantitative estimate of drug-likeness (QED) is 0.298. The first-order chi connectivity index (χ1) is 15.1. The minimum atomic E-state index is -3.30. The summed E-state index contributed by atoms with van der Waals surface area (Å²) in [5.74, 6) is -3.57. The second kappa shape index (κ2) is 11.1. The van der Waals surface area contributed by atoms with Gasteiger partial charge in [-0.15, -0.1) is 0 Å². The van der Waals surface area contributed by atoms with Crippen LogP contribution in [-0.2, 0) is 19.1 Å². The highest BCUT2D eigenvalue weighted by Gasteiger charge is 2.28. The molecule has 2 rings (SSSR count). The number of primary amides is 1. The molecule has 1 heterocycles. The molecule has 1 fully saturated rings.